The van der Waals surface area contributed by atoms with Gasteiger partial charge in [0.05, 0.1) is 16.9 Å². The highest BCUT2D eigenvalue weighted by molar-refractivity contribution is 6.19. The summed E-state index contributed by atoms with van der Waals surface area (Å²) in [5.41, 5.74) is -0.707. The van der Waals surface area contributed by atoms with E-state index in [1.165, 1.54) is 28.0 Å². The molecule has 7 nitrogen and oxygen atoms in total. The summed E-state index contributed by atoms with van der Waals surface area (Å²) in [6, 6.07) is 12.2. The number of nitrogens with zero attached hydrogens (tertiary/aromatic N) is 3. The van der Waals surface area contributed by atoms with Crippen LogP contribution >= 0.6 is 0 Å². The molecule has 168 valence electrons. The number of benzene rings is 2. The fraction of sp³-hybridized carbons (Fsp3) is 0.318. The number of piperidine rings is 1. The highest BCUT2D eigenvalue weighted by Crippen LogP contribution is 2.35. The van der Waals surface area contributed by atoms with E-state index in [9.17, 15) is 27.6 Å². The standard InChI is InChI=1S/C22H21F3N4O3/c23-22(24,25)17-8-4-5-9-18(17)26-20(31)27-12-10-15(11-13-27)28-14-19(30)29(21(28)32)16-6-2-1-3-7-16/h1-9,15H,10-14H2,(H,26,31). The largest absolute Gasteiger partial charge is 0.418 e. The van der Waals surface area contributed by atoms with Crippen LogP contribution in [0, 0.1) is 0 Å². The number of nitrogens with one attached hydrogen (secondary N) is 1. The summed E-state index contributed by atoms with van der Waals surface area (Å²) in [5.74, 6) is -0.315. The zero-order valence-corrected chi connectivity index (χ0v) is 17.0. The maximum atomic E-state index is 13.2. The highest BCUT2D eigenvalue weighted by Gasteiger charge is 2.42. The van der Waals surface area contributed by atoms with E-state index in [1.54, 1.807) is 30.3 Å². The molecule has 32 heavy (non-hydrogen) atoms. The lowest BCUT2D eigenvalue weighted by molar-refractivity contribution is -0.137. The maximum absolute atomic E-state index is 13.2. The van der Waals surface area contributed by atoms with Crippen molar-refractivity contribution >= 4 is 29.3 Å². The van der Waals surface area contributed by atoms with Crippen molar-refractivity contribution in [2.75, 3.05) is 29.9 Å². The van der Waals surface area contributed by atoms with Crippen LogP contribution in [0.1, 0.15) is 18.4 Å². The number of alkyl halides is 3. The Morgan fingerprint density at radius 1 is 0.938 bits per heavy atom. The number of para-hydroxylation sites is 2. The van der Waals surface area contributed by atoms with Crippen molar-refractivity contribution < 1.29 is 27.6 Å². The number of amides is 5. The van der Waals surface area contributed by atoms with Crippen molar-refractivity contribution in [1.29, 1.82) is 0 Å². The van der Waals surface area contributed by atoms with Gasteiger partial charge in [-0.25, -0.2) is 14.5 Å². The Labute approximate surface area is 182 Å². The number of carbonyl (C=O) groups is 3. The van der Waals surface area contributed by atoms with E-state index in [0.717, 1.165) is 11.0 Å². The van der Waals surface area contributed by atoms with Crippen molar-refractivity contribution in [1.82, 2.24) is 9.80 Å². The van der Waals surface area contributed by atoms with Crippen molar-refractivity contribution in [3.63, 3.8) is 0 Å². The normalized spacial score (nSPS) is 17.8. The minimum Gasteiger partial charge on any atom is -0.324 e. The molecule has 0 radical (unpaired) electrons. The number of imide groups is 1. The first-order valence-corrected chi connectivity index (χ1v) is 10.2. The number of hydrogen-bond acceptors (Lipinski definition) is 3. The van der Waals surface area contributed by atoms with Gasteiger partial charge in [-0.3, -0.25) is 4.79 Å². The van der Waals surface area contributed by atoms with Gasteiger partial charge in [-0.1, -0.05) is 30.3 Å². The smallest absolute Gasteiger partial charge is 0.324 e. The number of hydrogen-bond donors (Lipinski definition) is 1. The molecular formula is C22H21F3N4O3. The molecule has 2 saturated heterocycles. The van der Waals surface area contributed by atoms with Gasteiger partial charge in [0.15, 0.2) is 0 Å². The van der Waals surface area contributed by atoms with Crippen molar-refractivity contribution in [2.24, 2.45) is 0 Å². The Bertz CT molecular complexity index is 1020. The summed E-state index contributed by atoms with van der Waals surface area (Å²) in [6.07, 6.45) is -3.73. The van der Waals surface area contributed by atoms with Crippen LogP contribution in [0.4, 0.5) is 34.1 Å². The molecule has 4 rings (SSSR count). The minimum atomic E-state index is -4.58. The minimum absolute atomic E-state index is 0.0381. The third-order valence-corrected chi connectivity index (χ3v) is 5.67. The van der Waals surface area contributed by atoms with E-state index in [4.69, 9.17) is 0 Å². The average molecular weight is 446 g/mol. The number of carbonyl (C=O) groups excluding carboxylic acids is 3. The molecule has 0 spiro atoms. The number of likely N-dealkylation sites (tertiary alicyclic amines) is 1. The fourth-order valence-electron chi connectivity index (χ4n) is 4.05. The van der Waals surface area contributed by atoms with Gasteiger partial charge in [0.25, 0.3) is 5.91 Å². The Morgan fingerprint density at radius 2 is 1.56 bits per heavy atom. The third kappa shape index (κ3) is 4.25. The van der Waals surface area contributed by atoms with Crippen LogP contribution in [0.3, 0.4) is 0 Å². The molecule has 2 aliphatic heterocycles. The second-order valence-corrected chi connectivity index (χ2v) is 7.67. The molecule has 2 aromatic rings. The zero-order valence-electron chi connectivity index (χ0n) is 17.0. The molecule has 0 unspecified atom stereocenters. The number of halogens is 3. The van der Waals surface area contributed by atoms with Crippen LogP contribution in [-0.4, -0.2) is 53.4 Å². The number of rotatable bonds is 3. The van der Waals surface area contributed by atoms with Gasteiger partial charge < -0.3 is 15.1 Å². The molecule has 5 amide bonds. The molecule has 2 heterocycles. The van der Waals surface area contributed by atoms with Gasteiger partial charge >= 0.3 is 18.2 Å². The van der Waals surface area contributed by atoms with Crippen LogP contribution in [0.15, 0.2) is 54.6 Å². The maximum Gasteiger partial charge on any atom is 0.418 e. The lowest BCUT2D eigenvalue weighted by Crippen LogP contribution is -2.49. The first-order chi connectivity index (χ1) is 15.3. The molecule has 0 aliphatic carbocycles. The molecule has 10 heteroatoms. The van der Waals surface area contributed by atoms with Gasteiger partial charge in [-0.15, -0.1) is 0 Å². The van der Waals surface area contributed by atoms with E-state index in [1.807, 2.05) is 0 Å². The first-order valence-electron chi connectivity index (χ1n) is 10.2. The predicted molar refractivity (Wildman–Crippen MR) is 111 cm³/mol. The molecule has 0 bridgehead atoms. The van der Waals surface area contributed by atoms with Crippen LogP contribution in [0.5, 0.6) is 0 Å². The highest BCUT2D eigenvalue weighted by atomic mass is 19.4. The summed E-state index contributed by atoms with van der Waals surface area (Å²) in [5, 5.41) is 2.34. The molecule has 0 saturated carbocycles. The second-order valence-electron chi connectivity index (χ2n) is 7.67. The third-order valence-electron chi connectivity index (χ3n) is 5.67. The average Bonchev–Trinajstić information content (AvgIpc) is 3.08. The lowest BCUT2D eigenvalue weighted by Gasteiger charge is -2.36. The molecule has 2 fully saturated rings. The van der Waals surface area contributed by atoms with E-state index in [-0.39, 0.29) is 37.3 Å². The second kappa shape index (κ2) is 8.52. The first kappa shape index (κ1) is 21.7. The molecule has 0 atom stereocenters. The van der Waals surface area contributed by atoms with Crippen LogP contribution < -0.4 is 10.2 Å². The molecule has 2 aromatic carbocycles. The van der Waals surface area contributed by atoms with Gasteiger partial charge in [-0.05, 0) is 37.1 Å². The van der Waals surface area contributed by atoms with Gasteiger partial charge in [0.2, 0.25) is 0 Å². The summed E-state index contributed by atoms with van der Waals surface area (Å²) < 4.78 is 39.5. The Balaban J connectivity index is 1.37. The van der Waals surface area contributed by atoms with Gasteiger partial charge in [0, 0.05) is 19.1 Å². The van der Waals surface area contributed by atoms with Crippen molar-refractivity contribution in [2.45, 2.75) is 25.1 Å². The quantitative estimate of drug-likeness (QED) is 0.720. The van der Waals surface area contributed by atoms with Gasteiger partial charge in [-0.2, -0.15) is 13.2 Å². The van der Waals surface area contributed by atoms with E-state index in [0.29, 0.717) is 18.5 Å². The molecule has 1 N–H and O–H groups in total. The van der Waals surface area contributed by atoms with Crippen LogP contribution in [-0.2, 0) is 11.0 Å². The summed E-state index contributed by atoms with van der Waals surface area (Å²) in [4.78, 5) is 41.9. The zero-order chi connectivity index (χ0) is 22.9. The number of anilines is 2. The van der Waals surface area contributed by atoms with Crippen LogP contribution in [0.25, 0.3) is 0 Å². The lowest BCUT2D eigenvalue weighted by atomic mass is 10.0. The van der Waals surface area contributed by atoms with Gasteiger partial charge in [0.1, 0.15) is 6.54 Å². The van der Waals surface area contributed by atoms with E-state index in [2.05, 4.69) is 5.32 Å². The SMILES string of the molecule is O=C(Nc1ccccc1C(F)(F)F)N1CCC(N2CC(=O)N(c3ccccc3)C2=O)CC1. The summed E-state index contributed by atoms with van der Waals surface area (Å²) in [7, 11) is 0. The Kier molecular flexibility index (Phi) is 5.77. The number of urea groups is 2. The fourth-order valence-corrected chi connectivity index (χ4v) is 4.05. The van der Waals surface area contributed by atoms with E-state index < -0.39 is 23.8 Å². The molecular weight excluding hydrogens is 425 g/mol. The van der Waals surface area contributed by atoms with Crippen molar-refractivity contribution in [3.8, 4) is 0 Å². The monoisotopic (exact) mass is 446 g/mol. The van der Waals surface area contributed by atoms with Crippen LogP contribution in [0.2, 0.25) is 0 Å². The van der Waals surface area contributed by atoms with Crippen molar-refractivity contribution in [3.05, 3.63) is 60.2 Å². The Hall–Kier alpha value is -3.56. The topological polar surface area (TPSA) is 73.0 Å². The molecule has 0 aromatic heterocycles. The predicted octanol–water partition coefficient (Wildman–Crippen LogP) is 4.17. The Morgan fingerprint density at radius 3 is 2.22 bits per heavy atom. The summed E-state index contributed by atoms with van der Waals surface area (Å²) in [6.45, 7) is 0.478. The summed E-state index contributed by atoms with van der Waals surface area (Å²) >= 11 is 0. The van der Waals surface area contributed by atoms with E-state index >= 15 is 0 Å². The molecule has 2 aliphatic rings.